The van der Waals surface area contributed by atoms with E-state index in [0.717, 1.165) is 118 Å². The summed E-state index contributed by atoms with van der Waals surface area (Å²) in [6.07, 6.45) is 13.6. The van der Waals surface area contributed by atoms with Gasteiger partial charge in [-0.25, -0.2) is 9.59 Å². The molecule has 0 amide bonds. The number of hydrogen-bond acceptors (Lipinski definition) is 11. The minimum absolute atomic E-state index is 0.309. The number of fused-ring (bicyclic) bond motifs is 6. The number of carboxylic acids is 1. The molecule has 4 aliphatic heterocycles. The van der Waals surface area contributed by atoms with Crippen molar-refractivity contribution in [3.63, 3.8) is 0 Å². The van der Waals surface area contributed by atoms with Gasteiger partial charge in [-0.05, 0) is 171 Å². The van der Waals surface area contributed by atoms with Crippen molar-refractivity contribution < 1.29 is 28.5 Å². The Labute approximate surface area is 478 Å². The Morgan fingerprint density at radius 3 is 1.32 bits per heavy atom. The fourth-order valence-corrected chi connectivity index (χ4v) is 14.5. The lowest BCUT2D eigenvalue weighted by Crippen LogP contribution is -2.49. The summed E-state index contributed by atoms with van der Waals surface area (Å²) in [4.78, 5) is 28.5. The molecular formula is C63H60Cl4N6O6. The molecule has 4 atom stereocenters. The second kappa shape index (κ2) is 21.7. The molecule has 16 heteroatoms. The summed E-state index contributed by atoms with van der Waals surface area (Å²) < 4.78 is 16.6. The van der Waals surface area contributed by atoms with Crippen LogP contribution in [-0.4, -0.2) is 70.7 Å². The van der Waals surface area contributed by atoms with Gasteiger partial charge in [0.05, 0.1) is 38.3 Å². The molecule has 2 saturated carbocycles. The number of hydrogen-bond donors (Lipinski definition) is 3. The number of carbonyl (C=O) groups excluding carboxylic acids is 1. The molecule has 4 saturated heterocycles. The predicted molar refractivity (Wildman–Crippen MR) is 312 cm³/mol. The third-order valence-electron chi connectivity index (χ3n) is 17.4. The topological polar surface area (TPSA) is 146 Å². The van der Waals surface area contributed by atoms with Crippen molar-refractivity contribution >= 4 is 91.3 Å². The first-order chi connectivity index (χ1) is 38.5. The minimum Gasteiger partial charge on any atom is -0.478 e. The van der Waals surface area contributed by atoms with E-state index < -0.39 is 5.97 Å². The van der Waals surface area contributed by atoms with Gasteiger partial charge >= 0.3 is 11.9 Å². The summed E-state index contributed by atoms with van der Waals surface area (Å²) in [7, 11) is 1.41. The van der Waals surface area contributed by atoms with Crippen molar-refractivity contribution in [1.29, 1.82) is 0 Å². The summed E-state index contributed by atoms with van der Waals surface area (Å²) in [5.74, 6) is 1.61. The van der Waals surface area contributed by atoms with Crippen LogP contribution in [0.5, 0.6) is 0 Å². The van der Waals surface area contributed by atoms with Crippen molar-refractivity contribution in [3.05, 3.63) is 163 Å². The average Bonchev–Trinajstić information content (AvgIpc) is 4.52. The number of ether oxygens (including phenoxy) is 1. The number of aromatic nitrogens is 2. The first-order valence-electron chi connectivity index (χ1n) is 27.7. The second-order valence-corrected chi connectivity index (χ2v) is 24.1. The summed E-state index contributed by atoms with van der Waals surface area (Å²) >= 11 is 26.2. The number of methoxy groups -OCH3 is 1. The molecule has 2 aromatic heterocycles. The quantitative estimate of drug-likeness (QED) is 0.0891. The fourth-order valence-electron chi connectivity index (χ4n) is 13.3. The highest BCUT2D eigenvalue weighted by Gasteiger charge is 2.43. The van der Waals surface area contributed by atoms with Gasteiger partial charge in [-0.1, -0.05) is 93.1 Å². The van der Waals surface area contributed by atoms with E-state index in [1.54, 1.807) is 12.1 Å². The van der Waals surface area contributed by atoms with Crippen LogP contribution < -0.4 is 20.4 Å². The lowest BCUT2D eigenvalue weighted by atomic mass is 9.95. The smallest absolute Gasteiger partial charge is 0.337 e. The Kier molecular flexibility index (Phi) is 14.4. The van der Waals surface area contributed by atoms with Crippen LogP contribution in [0.15, 0.2) is 118 Å². The number of rotatable bonds is 14. The van der Waals surface area contributed by atoms with Gasteiger partial charge in [0.1, 0.15) is 22.9 Å². The van der Waals surface area contributed by atoms with Crippen molar-refractivity contribution in [2.75, 3.05) is 16.9 Å². The third kappa shape index (κ3) is 10.4. The van der Waals surface area contributed by atoms with Crippen molar-refractivity contribution in [2.24, 2.45) is 0 Å². The molecule has 14 rings (SSSR count). The molecule has 6 heterocycles. The summed E-state index contributed by atoms with van der Waals surface area (Å²) in [5, 5.41) is 32.5. The maximum atomic E-state index is 11.9. The van der Waals surface area contributed by atoms with Gasteiger partial charge in [-0.3, -0.25) is 0 Å². The molecule has 4 unspecified atom stereocenters. The Morgan fingerprint density at radius 2 is 0.924 bits per heavy atom. The lowest BCUT2D eigenvalue weighted by Gasteiger charge is -2.41. The molecule has 0 radical (unpaired) electrons. The molecule has 2 aliphatic carbocycles. The summed E-state index contributed by atoms with van der Waals surface area (Å²) in [6.45, 7) is 1.37. The van der Waals surface area contributed by atoms with E-state index in [1.807, 2.05) is 66.7 Å². The zero-order chi connectivity index (χ0) is 54.1. The molecule has 3 N–H and O–H groups in total. The molecule has 406 valence electrons. The average molecular weight is 1140 g/mol. The minimum atomic E-state index is -0.897. The van der Waals surface area contributed by atoms with E-state index in [0.29, 0.717) is 92.4 Å². The first kappa shape index (κ1) is 52.3. The highest BCUT2D eigenvalue weighted by molar-refractivity contribution is 6.39. The number of carbonyl (C=O) groups is 2. The van der Waals surface area contributed by atoms with Gasteiger partial charge in [0.15, 0.2) is 0 Å². The monoisotopic (exact) mass is 1140 g/mol. The van der Waals surface area contributed by atoms with Gasteiger partial charge < -0.3 is 39.3 Å². The van der Waals surface area contributed by atoms with Crippen molar-refractivity contribution in [1.82, 2.24) is 20.9 Å². The van der Waals surface area contributed by atoms with Crippen LogP contribution in [0.25, 0.3) is 44.1 Å². The van der Waals surface area contributed by atoms with E-state index in [9.17, 15) is 14.7 Å². The van der Waals surface area contributed by atoms with Gasteiger partial charge in [0, 0.05) is 94.8 Å². The molecule has 6 aliphatic rings. The maximum Gasteiger partial charge on any atom is 0.337 e. The highest BCUT2D eigenvalue weighted by atomic mass is 35.5. The number of halogens is 4. The molecule has 6 fully saturated rings. The Hall–Kier alpha value is -6.12. The van der Waals surface area contributed by atoms with E-state index >= 15 is 0 Å². The molecule has 8 aromatic rings. The van der Waals surface area contributed by atoms with Gasteiger partial charge in [0.2, 0.25) is 0 Å². The number of nitrogens with one attached hydrogen (secondary N) is 2. The zero-order valence-corrected chi connectivity index (χ0v) is 46.7. The third-order valence-corrected chi connectivity index (χ3v) is 18.7. The van der Waals surface area contributed by atoms with E-state index in [4.69, 9.17) is 60.2 Å². The Bertz CT molecular complexity index is 3580. The van der Waals surface area contributed by atoms with Crippen LogP contribution in [0.3, 0.4) is 0 Å². The number of nitrogens with zero attached hydrogens (tertiary/aromatic N) is 4. The zero-order valence-electron chi connectivity index (χ0n) is 43.7. The second-order valence-electron chi connectivity index (χ2n) is 22.5. The lowest BCUT2D eigenvalue weighted by molar-refractivity contribution is 0.0600. The first-order valence-corrected chi connectivity index (χ1v) is 29.3. The number of esters is 1. The Morgan fingerprint density at radius 1 is 0.544 bits per heavy atom. The fraction of sp³-hybridized carbons (Fsp3) is 0.365. The van der Waals surface area contributed by atoms with Crippen LogP contribution in [-0.2, 0) is 17.8 Å². The number of aromatic carboxylic acids is 1. The number of piperidine rings is 2. The normalized spacial score (nSPS) is 22.3. The molecule has 12 nitrogen and oxygen atoms in total. The van der Waals surface area contributed by atoms with Gasteiger partial charge in [0.25, 0.3) is 0 Å². The van der Waals surface area contributed by atoms with E-state index in [1.165, 1.54) is 44.2 Å². The predicted octanol–water partition coefficient (Wildman–Crippen LogP) is 15.4. The molecule has 6 aromatic carbocycles. The van der Waals surface area contributed by atoms with Crippen LogP contribution in [0.2, 0.25) is 20.1 Å². The molecule has 4 bridgehead atoms. The largest absolute Gasteiger partial charge is 0.478 e. The summed E-state index contributed by atoms with van der Waals surface area (Å²) in [6, 6.07) is 37.9. The van der Waals surface area contributed by atoms with Crippen LogP contribution in [0.1, 0.15) is 132 Å². The van der Waals surface area contributed by atoms with Gasteiger partial charge in [-0.2, -0.15) is 0 Å². The highest BCUT2D eigenvalue weighted by Crippen LogP contribution is 2.49. The van der Waals surface area contributed by atoms with E-state index in [2.05, 4.69) is 61.1 Å². The van der Waals surface area contributed by atoms with E-state index in [-0.39, 0.29) is 5.97 Å². The Balaban J connectivity index is 0.000000150. The van der Waals surface area contributed by atoms with Gasteiger partial charge in [-0.15, -0.1) is 0 Å². The number of benzene rings is 6. The molecular weight excluding hydrogens is 1080 g/mol. The van der Waals surface area contributed by atoms with Crippen molar-refractivity contribution in [3.8, 4) is 22.5 Å². The number of anilines is 2. The van der Waals surface area contributed by atoms with Crippen LogP contribution in [0.4, 0.5) is 11.4 Å². The molecule has 79 heavy (non-hydrogen) atoms. The summed E-state index contributed by atoms with van der Waals surface area (Å²) in [5.41, 5.74) is 8.56. The maximum absolute atomic E-state index is 11.9. The van der Waals surface area contributed by atoms with Crippen LogP contribution >= 0.6 is 46.4 Å². The van der Waals surface area contributed by atoms with Crippen molar-refractivity contribution in [2.45, 2.75) is 138 Å². The standard InChI is InChI=1S/C32H31Cl2N3O3.C31H29Cl2N3O3/c1-39-32(38)21-8-7-20-14-23(10-9-19(20)13-21)37-24-11-12-25(37)16-22(15-24)35-17-26-30(36-40-31(26)18-5-6-18)29-27(33)3-2-4-28(29)34;32-26-2-1-3-27(33)28(26)29-25(30(39-35-29)17-4-5-17)16-34-21-14-23-10-11-24(15-21)36(23)22-9-8-18-12-20(31(37)38)7-6-19(18)13-22/h2-4,7-10,13-14,18,22,24-25,35H,5-6,11-12,15-17H2,1H3;1-3,6-9,12-13,17,21,23-24,34H,4-5,10-11,14-16H2,(H,37,38). The van der Waals surface area contributed by atoms with Crippen LogP contribution in [0, 0.1) is 0 Å². The molecule has 0 spiro atoms. The number of carboxylic acid groups (broad SMARTS) is 1. The SMILES string of the molecule is COC(=O)c1ccc2cc(N3C4CCC3CC(NCc3c(-c5c(Cl)cccc5Cl)noc3C3CC3)C4)ccc2c1.O=C(O)c1ccc2cc(N3C4CCC3CC(NCc3c(-c5c(Cl)cccc5Cl)noc3C3CC3)C4)ccc2c1.